The molecule has 0 aliphatic carbocycles. The molecule has 1 N–H and O–H groups in total. The zero-order valence-corrected chi connectivity index (χ0v) is 14.6. The predicted molar refractivity (Wildman–Crippen MR) is 89.7 cm³/mol. The van der Waals surface area contributed by atoms with Crippen LogP contribution in [0.4, 0.5) is 8.78 Å². The Balaban J connectivity index is 1.64. The van der Waals surface area contributed by atoms with Gasteiger partial charge in [0, 0.05) is 18.5 Å². The summed E-state index contributed by atoms with van der Waals surface area (Å²) in [7, 11) is -3.78. The zero-order valence-electron chi connectivity index (χ0n) is 13.7. The average molecular weight is 379 g/mol. The molecule has 136 valence electrons. The highest BCUT2D eigenvalue weighted by Crippen LogP contribution is 2.19. The quantitative estimate of drug-likeness (QED) is 0.712. The lowest BCUT2D eigenvalue weighted by Gasteiger charge is -2.08. The number of hydrogen-bond acceptors (Lipinski definition) is 5. The summed E-state index contributed by atoms with van der Waals surface area (Å²) in [5, 5.41) is 7.70. The number of aryl methyl sites for hydroxylation is 1. The van der Waals surface area contributed by atoms with Gasteiger partial charge in [-0.3, -0.25) is 0 Å². The van der Waals surface area contributed by atoms with Gasteiger partial charge in [-0.25, -0.2) is 21.9 Å². The van der Waals surface area contributed by atoms with Crippen molar-refractivity contribution in [2.24, 2.45) is 0 Å². The molecule has 3 rings (SSSR count). The van der Waals surface area contributed by atoms with Crippen molar-refractivity contribution in [1.82, 2.24) is 14.9 Å². The summed E-state index contributed by atoms with van der Waals surface area (Å²) in [5.74, 6) is -0.417. The van der Waals surface area contributed by atoms with E-state index in [1.54, 1.807) is 0 Å². The Morgan fingerprint density at radius 1 is 1.04 bits per heavy atom. The molecule has 0 saturated heterocycles. The topological polar surface area (TPSA) is 85.1 Å². The second kappa shape index (κ2) is 7.30. The van der Waals surface area contributed by atoms with E-state index in [9.17, 15) is 17.2 Å². The number of nitrogens with zero attached hydrogens (tertiary/aromatic N) is 2. The van der Waals surface area contributed by atoms with Gasteiger partial charge in [0.15, 0.2) is 0 Å². The standard InChI is InChI=1S/C17H15F2N3O3S/c1-11-10-14(19)6-7-15(11)26(23,24)20-9-8-16-21-22-17(25-16)12-2-4-13(18)5-3-12/h2-7,10,20H,8-9H2,1H3. The van der Waals surface area contributed by atoms with Crippen molar-refractivity contribution in [2.45, 2.75) is 18.2 Å². The van der Waals surface area contributed by atoms with Gasteiger partial charge in [-0.1, -0.05) is 0 Å². The van der Waals surface area contributed by atoms with Crippen LogP contribution in [0.15, 0.2) is 51.8 Å². The number of aromatic nitrogens is 2. The van der Waals surface area contributed by atoms with Gasteiger partial charge in [-0.2, -0.15) is 0 Å². The molecule has 0 amide bonds. The van der Waals surface area contributed by atoms with Crippen LogP contribution in [-0.4, -0.2) is 25.2 Å². The molecule has 0 saturated carbocycles. The zero-order chi connectivity index (χ0) is 18.7. The maximum Gasteiger partial charge on any atom is 0.247 e. The van der Waals surface area contributed by atoms with Crippen molar-refractivity contribution in [3.63, 3.8) is 0 Å². The van der Waals surface area contributed by atoms with Crippen molar-refractivity contribution in [2.75, 3.05) is 6.54 Å². The number of nitrogens with one attached hydrogen (secondary N) is 1. The first-order valence-corrected chi connectivity index (χ1v) is 9.17. The lowest BCUT2D eigenvalue weighted by Crippen LogP contribution is -2.26. The smallest absolute Gasteiger partial charge is 0.247 e. The van der Waals surface area contributed by atoms with Crippen LogP contribution in [0.5, 0.6) is 0 Å². The maximum absolute atomic E-state index is 13.1. The Bertz CT molecular complexity index is 1020. The van der Waals surface area contributed by atoms with Crippen molar-refractivity contribution in [3.8, 4) is 11.5 Å². The molecule has 9 heteroatoms. The fourth-order valence-electron chi connectivity index (χ4n) is 2.35. The average Bonchev–Trinajstić information content (AvgIpc) is 3.04. The molecule has 0 atom stereocenters. The summed E-state index contributed by atoms with van der Waals surface area (Å²) in [4.78, 5) is 0.0106. The first-order valence-electron chi connectivity index (χ1n) is 7.69. The third kappa shape index (κ3) is 4.12. The fraction of sp³-hybridized carbons (Fsp3) is 0.176. The van der Waals surface area contributed by atoms with Crippen LogP contribution >= 0.6 is 0 Å². The van der Waals surface area contributed by atoms with Crippen LogP contribution in [0.25, 0.3) is 11.5 Å². The van der Waals surface area contributed by atoms with Gasteiger partial charge in [0.05, 0.1) is 4.90 Å². The predicted octanol–water partition coefficient (Wildman–Crippen LogP) is 2.84. The Morgan fingerprint density at radius 2 is 1.73 bits per heavy atom. The van der Waals surface area contributed by atoms with Crippen molar-refractivity contribution in [1.29, 1.82) is 0 Å². The number of halogens is 2. The summed E-state index contributed by atoms with van der Waals surface area (Å²) in [5.41, 5.74) is 0.876. The number of rotatable bonds is 6. The summed E-state index contributed by atoms with van der Waals surface area (Å²) in [6.45, 7) is 1.55. The highest BCUT2D eigenvalue weighted by molar-refractivity contribution is 7.89. The molecule has 6 nitrogen and oxygen atoms in total. The van der Waals surface area contributed by atoms with E-state index in [1.165, 1.54) is 37.3 Å². The highest BCUT2D eigenvalue weighted by atomic mass is 32.2. The molecule has 3 aromatic rings. The molecule has 26 heavy (non-hydrogen) atoms. The number of benzene rings is 2. The molecule has 1 aromatic heterocycles. The van der Waals surface area contributed by atoms with E-state index in [4.69, 9.17) is 4.42 Å². The molecule has 0 bridgehead atoms. The van der Waals surface area contributed by atoms with Gasteiger partial charge in [0.1, 0.15) is 11.6 Å². The van der Waals surface area contributed by atoms with Crippen LogP contribution in [-0.2, 0) is 16.4 Å². The van der Waals surface area contributed by atoms with E-state index in [0.717, 1.165) is 12.1 Å². The maximum atomic E-state index is 13.1. The van der Waals surface area contributed by atoms with Crippen molar-refractivity contribution < 1.29 is 21.6 Å². The molecule has 0 spiro atoms. The molecule has 0 aliphatic rings. The van der Waals surface area contributed by atoms with Gasteiger partial charge < -0.3 is 4.42 Å². The summed E-state index contributed by atoms with van der Waals surface area (Å²) < 4.78 is 58.4. The summed E-state index contributed by atoms with van der Waals surface area (Å²) >= 11 is 0. The monoisotopic (exact) mass is 379 g/mol. The van der Waals surface area contributed by atoms with Crippen LogP contribution in [0.2, 0.25) is 0 Å². The van der Waals surface area contributed by atoms with Crippen LogP contribution in [0.1, 0.15) is 11.5 Å². The molecule has 0 unspecified atom stereocenters. The molecule has 1 heterocycles. The largest absolute Gasteiger partial charge is 0.421 e. The molecular weight excluding hydrogens is 364 g/mol. The second-order valence-electron chi connectivity index (χ2n) is 5.57. The second-order valence-corrected chi connectivity index (χ2v) is 7.30. The van der Waals surface area contributed by atoms with Gasteiger partial charge in [0.2, 0.25) is 21.8 Å². The summed E-state index contributed by atoms with van der Waals surface area (Å²) in [6, 6.07) is 9.03. The van der Waals surface area contributed by atoms with Crippen molar-refractivity contribution >= 4 is 10.0 Å². The third-order valence-corrected chi connectivity index (χ3v) is 5.24. The van der Waals surface area contributed by atoms with Gasteiger partial charge in [-0.15, -0.1) is 10.2 Å². The highest BCUT2D eigenvalue weighted by Gasteiger charge is 2.17. The first kappa shape index (κ1) is 18.2. The van der Waals surface area contributed by atoms with E-state index in [2.05, 4.69) is 14.9 Å². The summed E-state index contributed by atoms with van der Waals surface area (Å²) in [6.07, 6.45) is 0.174. The molecule has 0 fully saturated rings. The van der Waals surface area contributed by atoms with E-state index >= 15 is 0 Å². The van der Waals surface area contributed by atoms with Crippen LogP contribution < -0.4 is 4.72 Å². The van der Waals surface area contributed by atoms with E-state index in [-0.39, 0.29) is 35.5 Å². The minimum absolute atomic E-state index is 0.0106. The SMILES string of the molecule is Cc1cc(F)ccc1S(=O)(=O)NCCc1nnc(-c2ccc(F)cc2)o1. The van der Waals surface area contributed by atoms with Crippen molar-refractivity contribution in [3.05, 3.63) is 65.6 Å². The molecular formula is C17H15F2N3O3S. The fourth-order valence-corrected chi connectivity index (χ4v) is 3.60. The Labute approximate surface area is 148 Å². The minimum Gasteiger partial charge on any atom is -0.421 e. The molecule has 2 aromatic carbocycles. The van der Waals surface area contributed by atoms with Crippen LogP contribution in [0.3, 0.4) is 0 Å². The Kier molecular flexibility index (Phi) is 5.10. The van der Waals surface area contributed by atoms with Crippen LogP contribution in [0, 0.1) is 18.6 Å². The Morgan fingerprint density at radius 3 is 2.42 bits per heavy atom. The van der Waals surface area contributed by atoms with Gasteiger partial charge >= 0.3 is 0 Å². The lowest BCUT2D eigenvalue weighted by molar-refractivity contribution is 0.501. The van der Waals surface area contributed by atoms with Gasteiger partial charge in [0.25, 0.3) is 0 Å². The normalized spacial score (nSPS) is 11.7. The number of sulfonamides is 1. The lowest BCUT2D eigenvalue weighted by atomic mass is 10.2. The van der Waals surface area contributed by atoms with E-state index in [0.29, 0.717) is 11.1 Å². The van der Waals surface area contributed by atoms with E-state index < -0.39 is 15.8 Å². The number of hydrogen-bond donors (Lipinski definition) is 1. The first-order chi connectivity index (χ1) is 12.3. The molecule has 0 radical (unpaired) electrons. The Hall–Kier alpha value is -2.65. The molecule has 0 aliphatic heterocycles. The minimum atomic E-state index is -3.78. The van der Waals surface area contributed by atoms with Gasteiger partial charge in [-0.05, 0) is 55.0 Å². The third-order valence-electron chi connectivity index (χ3n) is 3.62. The van der Waals surface area contributed by atoms with E-state index in [1.807, 2.05) is 0 Å².